The van der Waals surface area contributed by atoms with Crippen LogP contribution in [0, 0.1) is 18.3 Å². The van der Waals surface area contributed by atoms with Crippen LogP contribution in [0.15, 0.2) is 52.4 Å². The van der Waals surface area contributed by atoms with Gasteiger partial charge in [-0.05, 0) is 37.3 Å². The molecule has 1 amide bonds. The van der Waals surface area contributed by atoms with Crippen LogP contribution in [0.3, 0.4) is 0 Å². The molecule has 0 aliphatic carbocycles. The highest BCUT2D eigenvalue weighted by Crippen LogP contribution is 2.30. The highest BCUT2D eigenvalue weighted by atomic mass is 19.4. The molecule has 1 aromatic heterocycles. The SMILES string of the molecule is COc1ccc(/C=N/NC(=O)c2nn(-c3cccc(C(F)(F)F)c3)c(=O)c(C#N)c2C)c(OC)c1. The van der Waals surface area contributed by atoms with E-state index in [0.29, 0.717) is 27.8 Å². The van der Waals surface area contributed by atoms with Crippen LogP contribution in [-0.4, -0.2) is 36.1 Å². The minimum absolute atomic E-state index is 0.0459. The molecule has 12 heteroatoms. The molecule has 0 aliphatic rings. The Morgan fingerprint density at radius 2 is 1.94 bits per heavy atom. The molecule has 0 radical (unpaired) electrons. The van der Waals surface area contributed by atoms with E-state index in [2.05, 4.69) is 15.6 Å². The van der Waals surface area contributed by atoms with E-state index < -0.39 is 28.8 Å². The van der Waals surface area contributed by atoms with Gasteiger partial charge in [-0.3, -0.25) is 9.59 Å². The topological polar surface area (TPSA) is 119 Å². The van der Waals surface area contributed by atoms with E-state index in [4.69, 9.17) is 9.47 Å². The maximum absolute atomic E-state index is 13.1. The van der Waals surface area contributed by atoms with Gasteiger partial charge in [-0.2, -0.15) is 33.3 Å². The Morgan fingerprint density at radius 3 is 2.57 bits per heavy atom. The van der Waals surface area contributed by atoms with Gasteiger partial charge < -0.3 is 9.47 Å². The molecule has 0 bridgehead atoms. The summed E-state index contributed by atoms with van der Waals surface area (Å²) in [6.45, 7) is 1.33. The Kier molecular flexibility index (Phi) is 7.20. The van der Waals surface area contributed by atoms with Gasteiger partial charge in [0.25, 0.3) is 11.5 Å². The first-order chi connectivity index (χ1) is 16.6. The zero-order valence-corrected chi connectivity index (χ0v) is 18.7. The average molecular weight is 485 g/mol. The van der Waals surface area contributed by atoms with Crippen molar-refractivity contribution in [3.63, 3.8) is 0 Å². The molecule has 180 valence electrons. The Bertz CT molecular complexity index is 1410. The molecule has 3 rings (SSSR count). The van der Waals surface area contributed by atoms with Gasteiger partial charge in [0.15, 0.2) is 5.69 Å². The Hall–Kier alpha value is -4.66. The number of methoxy groups -OCH3 is 2. The van der Waals surface area contributed by atoms with Gasteiger partial charge in [0, 0.05) is 17.2 Å². The fourth-order valence-corrected chi connectivity index (χ4v) is 3.08. The fourth-order valence-electron chi connectivity index (χ4n) is 3.08. The van der Waals surface area contributed by atoms with Gasteiger partial charge in [-0.15, -0.1) is 0 Å². The standard InChI is InChI=1S/C23H18F3N5O4/c1-13-18(11-27)22(33)31(16-6-4-5-15(9-16)23(24,25)26)30-20(13)21(32)29-28-12-14-7-8-17(34-2)10-19(14)35-3/h4-10,12H,1-3H3,(H,29,32)/b28-12+. The summed E-state index contributed by atoms with van der Waals surface area (Å²) in [4.78, 5) is 25.4. The van der Waals surface area contributed by atoms with Gasteiger partial charge in [0.1, 0.15) is 23.1 Å². The number of ether oxygens (including phenoxy) is 2. The second-order valence-electron chi connectivity index (χ2n) is 7.03. The number of nitriles is 1. The summed E-state index contributed by atoms with van der Waals surface area (Å²) in [5.41, 5.74) is -0.366. The number of benzene rings is 2. The van der Waals surface area contributed by atoms with E-state index in [1.807, 2.05) is 0 Å². The number of alkyl halides is 3. The lowest BCUT2D eigenvalue weighted by Gasteiger charge is -2.12. The number of nitrogens with zero attached hydrogens (tertiary/aromatic N) is 4. The van der Waals surface area contributed by atoms with Crippen molar-refractivity contribution in [2.75, 3.05) is 14.2 Å². The third-order valence-electron chi connectivity index (χ3n) is 4.89. The zero-order valence-electron chi connectivity index (χ0n) is 18.7. The van der Waals surface area contributed by atoms with Crippen LogP contribution in [0.2, 0.25) is 0 Å². The van der Waals surface area contributed by atoms with Crippen LogP contribution >= 0.6 is 0 Å². The Morgan fingerprint density at radius 1 is 1.20 bits per heavy atom. The number of halogens is 3. The second kappa shape index (κ2) is 10.1. The predicted octanol–water partition coefficient (Wildman–Crippen LogP) is 3.21. The third kappa shape index (κ3) is 5.30. The first-order valence-corrected chi connectivity index (χ1v) is 9.87. The van der Waals surface area contributed by atoms with Crippen LogP contribution in [0.5, 0.6) is 11.5 Å². The third-order valence-corrected chi connectivity index (χ3v) is 4.89. The molecule has 1 heterocycles. The molecule has 0 fully saturated rings. The highest BCUT2D eigenvalue weighted by molar-refractivity contribution is 5.95. The van der Waals surface area contributed by atoms with Crippen molar-refractivity contribution in [3.05, 3.63) is 80.8 Å². The maximum atomic E-state index is 13.1. The number of hydrogen-bond donors (Lipinski definition) is 1. The fraction of sp³-hybridized carbons (Fsp3) is 0.174. The molecule has 1 N–H and O–H groups in total. The summed E-state index contributed by atoms with van der Waals surface area (Å²) in [6, 6.07) is 10.4. The number of aromatic nitrogens is 2. The number of hydrazone groups is 1. The van der Waals surface area contributed by atoms with E-state index >= 15 is 0 Å². The number of nitrogens with one attached hydrogen (secondary N) is 1. The minimum atomic E-state index is -4.67. The number of hydrogen-bond acceptors (Lipinski definition) is 7. The van der Waals surface area contributed by atoms with Crippen molar-refractivity contribution < 1.29 is 27.4 Å². The van der Waals surface area contributed by atoms with Crippen LogP contribution < -0.4 is 20.5 Å². The quantitative estimate of drug-likeness (QED) is 0.423. The zero-order chi connectivity index (χ0) is 25.8. The van der Waals surface area contributed by atoms with Gasteiger partial charge >= 0.3 is 6.18 Å². The van der Waals surface area contributed by atoms with Crippen molar-refractivity contribution in [1.82, 2.24) is 15.2 Å². The van der Waals surface area contributed by atoms with Gasteiger partial charge in [0.05, 0.1) is 31.7 Å². The predicted molar refractivity (Wildman–Crippen MR) is 119 cm³/mol. The van der Waals surface area contributed by atoms with E-state index in [9.17, 15) is 28.0 Å². The second-order valence-corrected chi connectivity index (χ2v) is 7.03. The molecule has 0 atom stereocenters. The van der Waals surface area contributed by atoms with Gasteiger partial charge in [-0.25, -0.2) is 5.43 Å². The molecule has 9 nitrogen and oxygen atoms in total. The summed E-state index contributed by atoms with van der Waals surface area (Å²) < 4.78 is 50.3. The smallest absolute Gasteiger partial charge is 0.416 e. The monoisotopic (exact) mass is 485 g/mol. The van der Waals surface area contributed by atoms with E-state index in [1.165, 1.54) is 33.4 Å². The van der Waals surface area contributed by atoms with E-state index in [0.717, 1.165) is 12.1 Å². The lowest BCUT2D eigenvalue weighted by molar-refractivity contribution is -0.137. The molecule has 3 aromatic rings. The molecule has 0 unspecified atom stereocenters. The summed E-state index contributed by atoms with van der Waals surface area (Å²) in [6.07, 6.45) is -3.38. The van der Waals surface area contributed by atoms with Crippen molar-refractivity contribution in [2.24, 2.45) is 5.10 Å². The van der Waals surface area contributed by atoms with Crippen LogP contribution in [0.1, 0.15) is 32.7 Å². The number of amides is 1. The average Bonchev–Trinajstić information content (AvgIpc) is 2.84. The lowest BCUT2D eigenvalue weighted by atomic mass is 10.1. The molecule has 35 heavy (non-hydrogen) atoms. The molecular formula is C23H18F3N5O4. The molecule has 2 aromatic carbocycles. The van der Waals surface area contributed by atoms with E-state index in [1.54, 1.807) is 24.3 Å². The minimum Gasteiger partial charge on any atom is -0.497 e. The van der Waals surface area contributed by atoms with Crippen molar-refractivity contribution in [1.29, 1.82) is 5.26 Å². The van der Waals surface area contributed by atoms with Crippen LogP contribution in [0.4, 0.5) is 13.2 Å². The Labute approximate surface area is 197 Å². The van der Waals surface area contributed by atoms with Gasteiger partial charge in [-0.1, -0.05) is 6.07 Å². The summed E-state index contributed by atoms with van der Waals surface area (Å²) >= 11 is 0. The molecule has 0 saturated heterocycles. The highest BCUT2D eigenvalue weighted by Gasteiger charge is 2.31. The van der Waals surface area contributed by atoms with Gasteiger partial charge in [0.2, 0.25) is 0 Å². The number of carbonyl (C=O) groups excluding carboxylic acids is 1. The van der Waals surface area contributed by atoms with Crippen LogP contribution in [0.25, 0.3) is 5.69 Å². The van der Waals surface area contributed by atoms with Crippen molar-refractivity contribution in [3.8, 4) is 23.3 Å². The first-order valence-electron chi connectivity index (χ1n) is 9.87. The largest absolute Gasteiger partial charge is 0.497 e. The first kappa shape index (κ1) is 25.0. The number of rotatable bonds is 6. The summed E-state index contributed by atoms with van der Waals surface area (Å²) in [5, 5.41) is 17.2. The number of carbonyl (C=O) groups is 1. The van der Waals surface area contributed by atoms with Crippen molar-refractivity contribution in [2.45, 2.75) is 13.1 Å². The van der Waals surface area contributed by atoms with E-state index in [-0.39, 0.29) is 16.9 Å². The molecule has 0 aliphatic heterocycles. The maximum Gasteiger partial charge on any atom is 0.416 e. The van der Waals surface area contributed by atoms with Crippen molar-refractivity contribution >= 4 is 12.1 Å². The summed E-state index contributed by atoms with van der Waals surface area (Å²) in [5.74, 6) is 0.0775. The van der Waals surface area contributed by atoms with Crippen LogP contribution in [-0.2, 0) is 6.18 Å². The summed E-state index contributed by atoms with van der Waals surface area (Å²) in [7, 11) is 2.94. The molecule has 0 spiro atoms. The molecular weight excluding hydrogens is 467 g/mol. The lowest BCUT2D eigenvalue weighted by Crippen LogP contribution is -2.31. The normalized spacial score (nSPS) is 11.2. The Balaban J connectivity index is 1.99. The molecule has 0 saturated carbocycles.